The van der Waals surface area contributed by atoms with Crippen molar-refractivity contribution in [3.8, 4) is 0 Å². The molecule has 6 heteroatoms. The Balaban J connectivity index is 2.80. The van der Waals surface area contributed by atoms with Crippen LogP contribution in [0.4, 0.5) is 0 Å². The zero-order valence-electron chi connectivity index (χ0n) is 12.9. The maximum atomic E-state index is 12.0. The minimum absolute atomic E-state index is 0.251. The smallest absolute Gasteiger partial charge is 0.325 e. The van der Waals surface area contributed by atoms with Gasteiger partial charge in [-0.3, -0.25) is 9.48 Å². The molecule has 0 bridgehead atoms. The minimum Gasteiger partial charge on any atom is -0.468 e. The average Bonchev–Trinajstić information content (AvgIpc) is 2.69. The van der Waals surface area contributed by atoms with E-state index < -0.39 is 5.54 Å². The summed E-state index contributed by atoms with van der Waals surface area (Å²) < 4.78 is 6.74. The molecule has 0 saturated carbocycles. The number of methoxy groups -OCH3 is 1. The average molecular weight is 302 g/mol. The van der Waals surface area contributed by atoms with Crippen LogP contribution in [0.3, 0.4) is 0 Å². The molecule has 1 rings (SSSR count). The number of nitrogens with one attached hydrogen (secondary N) is 1. The molecular formula is C14H24ClN3O2. The van der Waals surface area contributed by atoms with Crippen molar-refractivity contribution in [2.24, 2.45) is 0 Å². The van der Waals surface area contributed by atoms with Crippen molar-refractivity contribution in [2.75, 3.05) is 13.7 Å². The Morgan fingerprint density at radius 2 is 2.15 bits per heavy atom. The molecule has 0 aliphatic heterocycles. The van der Waals surface area contributed by atoms with Gasteiger partial charge in [-0.25, -0.2) is 0 Å². The van der Waals surface area contributed by atoms with Crippen molar-refractivity contribution in [1.82, 2.24) is 15.1 Å². The number of nitrogens with zero attached hydrogens (tertiary/aromatic N) is 2. The Hall–Kier alpha value is -1.07. The summed E-state index contributed by atoms with van der Waals surface area (Å²) in [7, 11) is 1.41. The Morgan fingerprint density at radius 1 is 1.50 bits per heavy atom. The summed E-state index contributed by atoms with van der Waals surface area (Å²) in [4.78, 5) is 12.0. The maximum absolute atomic E-state index is 12.0. The number of ether oxygens (including phenoxy) is 1. The predicted octanol–water partition coefficient (Wildman–Crippen LogP) is 2.47. The zero-order chi connectivity index (χ0) is 15.3. The number of rotatable bonds is 7. The van der Waals surface area contributed by atoms with E-state index in [4.69, 9.17) is 16.3 Å². The lowest BCUT2D eigenvalue weighted by atomic mass is 9.97. The summed E-state index contributed by atoms with van der Waals surface area (Å²) in [6, 6.07) is 0. The molecule has 0 spiro atoms. The lowest BCUT2D eigenvalue weighted by Gasteiger charge is -2.28. The highest BCUT2D eigenvalue weighted by atomic mass is 35.5. The van der Waals surface area contributed by atoms with Gasteiger partial charge in [-0.2, -0.15) is 5.10 Å². The van der Waals surface area contributed by atoms with E-state index in [9.17, 15) is 4.79 Å². The summed E-state index contributed by atoms with van der Waals surface area (Å²) in [5.74, 6) is -0.251. The summed E-state index contributed by atoms with van der Waals surface area (Å²) in [6.45, 7) is 9.11. The molecule has 0 radical (unpaired) electrons. The molecule has 5 nitrogen and oxygen atoms in total. The number of halogens is 1. The molecule has 0 amide bonds. The number of esters is 1. The standard InChI is InChI=1S/C14H24ClN3O2/c1-6-8-16-14(4,13(19)20-5)7-9-18-11(3)12(15)10(2)17-18/h16H,6-9H2,1-5H3. The summed E-state index contributed by atoms with van der Waals surface area (Å²) in [5.41, 5.74) is 1.03. The van der Waals surface area contributed by atoms with E-state index in [1.54, 1.807) is 0 Å². The Morgan fingerprint density at radius 3 is 2.60 bits per heavy atom. The van der Waals surface area contributed by atoms with Crippen LogP contribution in [0.1, 0.15) is 38.1 Å². The third-order valence-corrected chi connectivity index (χ3v) is 4.06. The van der Waals surface area contributed by atoms with Gasteiger partial charge in [-0.15, -0.1) is 0 Å². The van der Waals surface area contributed by atoms with Gasteiger partial charge in [-0.05, 0) is 40.2 Å². The van der Waals surface area contributed by atoms with Gasteiger partial charge >= 0.3 is 5.97 Å². The van der Waals surface area contributed by atoms with E-state index in [0.717, 1.165) is 24.4 Å². The Labute approximate surface area is 125 Å². The molecule has 0 fully saturated rings. The molecular weight excluding hydrogens is 278 g/mol. The molecule has 1 N–H and O–H groups in total. The number of carbonyl (C=O) groups excluding carboxylic acids is 1. The highest BCUT2D eigenvalue weighted by Gasteiger charge is 2.33. The first kappa shape index (κ1) is 17.0. The van der Waals surface area contributed by atoms with Crippen molar-refractivity contribution in [1.29, 1.82) is 0 Å². The van der Waals surface area contributed by atoms with Crippen LogP contribution >= 0.6 is 11.6 Å². The second-order valence-electron chi connectivity index (χ2n) is 5.21. The van der Waals surface area contributed by atoms with Gasteiger partial charge < -0.3 is 10.1 Å². The van der Waals surface area contributed by atoms with Crippen molar-refractivity contribution in [3.05, 3.63) is 16.4 Å². The number of carbonyl (C=O) groups is 1. The van der Waals surface area contributed by atoms with Crippen LogP contribution in [0.25, 0.3) is 0 Å². The van der Waals surface area contributed by atoms with Gasteiger partial charge in [0.15, 0.2) is 0 Å². The van der Waals surface area contributed by atoms with Gasteiger partial charge in [0.2, 0.25) is 0 Å². The van der Waals surface area contributed by atoms with Gasteiger partial charge in [0.05, 0.1) is 23.5 Å². The summed E-state index contributed by atoms with van der Waals surface area (Å²) >= 11 is 6.13. The van der Waals surface area contributed by atoms with Crippen molar-refractivity contribution < 1.29 is 9.53 Å². The van der Waals surface area contributed by atoms with Crippen LogP contribution < -0.4 is 5.32 Å². The molecule has 1 atom stereocenters. The quantitative estimate of drug-likeness (QED) is 0.786. The van der Waals surface area contributed by atoms with E-state index in [1.807, 2.05) is 25.5 Å². The molecule has 0 saturated heterocycles. The number of aryl methyl sites for hydroxylation is 2. The molecule has 1 aromatic rings. The molecule has 0 aliphatic carbocycles. The first-order valence-electron chi connectivity index (χ1n) is 6.88. The monoisotopic (exact) mass is 301 g/mol. The lowest BCUT2D eigenvalue weighted by molar-refractivity contribution is -0.148. The van der Waals surface area contributed by atoms with Gasteiger partial charge in [0, 0.05) is 6.54 Å². The van der Waals surface area contributed by atoms with E-state index in [0.29, 0.717) is 18.0 Å². The molecule has 1 unspecified atom stereocenters. The zero-order valence-corrected chi connectivity index (χ0v) is 13.7. The maximum Gasteiger partial charge on any atom is 0.325 e. The second kappa shape index (κ2) is 7.09. The first-order chi connectivity index (χ1) is 9.35. The van der Waals surface area contributed by atoms with Gasteiger partial charge in [0.25, 0.3) is 0 Å². The van der Waals surface area contributed by atoms with Crippen molar-refractivity contribution in [3.63, 3.8) is 0 Å². The Bertz CT molecular complexity index is 473. The van der Waals surface area contributed by atoms with Crippen LogP contribution in [0.2, 0.25) is 5.02 Å². The molecule has 1 aromatic heterocycles. The number of hydrogen-bond acceptors (Lipinski definition) is 4. The van der Waals surface area contributed by atoms with Crippen LogP contribution in [-0.4, -0.2) is 34.9 Å². The highest BCUT2D eigenvalue weighted by molar-refractivity contribution is 6.31. The van der Waals surface area contributed by atoms with Crippen molar-refractivity contribution in [2.45, 2.75) is 52.6 Å². The van der Waals surface area contributed by atoms with Crippen LogP contribution in [0, 0.1) is 13.8 Å². The van der Waals surface area contributed by atoms with Crippen LogP contribution in [-0.2, 0) is 16.1 Å². The fourth-order valence-corrected chi connectivity index (χ4v) is 2.25. The lowest BCUT2D eigenvalue weighted by Crippen LogP contribution is -2.51. The van der Waals surface area contributed by atoms with Gasteiger partial charge in [0.1, 0.15) is 5.54 Å². The fourth-order valence-electron chi connectivity index (χ4n) is 2.11. The van der Waals surface area contributed by atoms with Crippen molar-refractivity contribution >= 4 is 17.6 Å². The highest BCUT2D eigenvalue weighted by Crippen LogP contribution is 2.21. The number of hydrogen-bond donors (Lipinski definition) is 1. The Kier molecular flexibility index (Phi) is 6.02. The molecule has 114 valence electrons. The minimum atomic E-state index is -0.705. The van der Waals surface area contributed by atoms with Crippen LogP contribution in [0.15, 0.2) is 0 Å². The number of aromatic nitrogens is 2. The molecule has 20 heavy (non-hydrogen) atoms. The van der Waals surface area contributed by atoms with E-state index in [-0.39, 0.29) is 5.97 Å². The summed E-state index contributed by atoms with van der Waals surface area (Å²) in [6.07, 6.45) is 1.55. The van der Waals surface area contributed by atoms with Gasteiger partial charge in [-0.1, -0.05) is 18.5 Å². The van der Waals surface area contributed by atoms with E-state index in [2.05, 4.69) is 17.3 Å². The second-order valence-corrected chi connectivity index (χ2v) is 5.59. The molecule has 1 heterocycles. The third-order valence-electron chi connectivity index (χ3n) is 3.52. The first-order valence-corrected chi connectivity index (χ1v) is 7.26. The largest absolute Gasteiger partial charge is 0.468 e. The topological polar surface area (TPSA) is 56.2 Å². The SMILES string of the molecule is CCCNC(C)(CCn1nc(C)c(Cl)c1C)C(=O)OC. The fraction of sp³-hybridized carbons (Fsp3) is 0.714. The van der Waals surface area contributed by atoms with E-state index in [1.165, 1.54) is 7.11 Å². The van der Waals surface area contributed by atoms with Crippen LogP contribution in [0.5, 0.6) is 0 Å². The predicted molar refractivity (Wildman–Crippen MR) is 80.0 cm³/mol. The normalized spacial score (nSPS) is 14.1. The van der Waals surface area contributed by atoms with E-state index >= 15 is 0 Å². The molecule has 0 aliphatic rings. The molecule has 0 aromatic carbocycles. The third kappa shape index (κ3) is 3.73. The summed E-state index contributed by atoms with van der Waals surface area (Å²) in [5, 5.41) is 8.33.